The van der Waals surface area contributed by atoms with Crippen LogP contribution in [0.3, 0.4) is 0 Å². The minimum Gasteiger partial charge on any atom is -0.357 e. The molecule has 4 aromatic rings. The lowest BCUT2D eigenvalue weighted by atomic mass is 10.0. The molecule has 0 bridgehead atoms. The average Bonchev–Trinajstić information content (AvgIpc) is 3.40. The van der Waals surface area contributed by atoms with Gasteiger partial charge in [-0.1, -0.05) is 29.5 Å². The van der Waals surface area contributed by atoms with Crippen LogP contribution in [0.5, 0.6) is 0 Å². The lowest BCUT2D eigenvalue weighted by Crippen LogP contribution is -2.43. The number of hydrogen-bond donors (Lipinski definition) is 2. The number of nitrogens with one attached hydrogen (secondary N) is 2. The maximum absolute atomic E-state index is 13.5. The molecule has 2 N–H and O–H groups in total. The summed E-state index contributed by atoms with van der Waals surface area (Å²) in [5.41, 5.74) is 2.02. The molecular weight excluding hydrogens is 413 g/mol. The van der Waals surface area contributed by atoms with Crippen LogP contribution in [-0.2, 0) is 0 Å². The van der Waals surface area contributed by atoms with Crippen LogP contribution in [0, 0.1) is 5.82 Å². The van der Waals surface area contributed by atoms with Crippen LogP contribution < -0.4 is 10.6 Å². The van der Waals surface area contributed by atoms with Crippen molar-refractivity contribution in [3.63, 3.8) is 0 Å². The molecule has 0 aliphatic heterocycles. The van der Waals surface area contributed by atoms with Gasteiger partial charge in [0.15, 0.2) is 11.0 Å². The number of halogens is 1. The summed E-state index contributed by atoms with van der Waals surface area (Å²) in [6.07, 6.45) is 6.15. The van der Waals surface area contributed by atoms with Gasteiger partial charge in [-0.05, 0) is 49.6 Å². The molecular formula is C23H20FN5OS. The van der Waals surface area contributed by atoms with Gasteiger partial charge >= 0.3 is 0 Å². The molecule has 8 heteroatoms. The summed E-state index contributed by atoms with van der Waals surface area (Å²) in [6, 6.07) is 13.7. The first-order valence-corrected chi connectivity index (χ1v) is 11.0. The molecule has 1 saturated carbocycles. The summed E-state index contributed by atoms with van der Waals surface area (Å²) in [7, 11) is 0. The number of rotatable bonds is 5. The molecule has 1 aliphatic rings. The molecule has 0 spiro atoms. The zero-order valence-corrected chi connectivity index (χ0v) is 17.4. The van der Waals surface area contributed by atoms with Crippen molar-refractivity contribution >= 4 is 32.6 Å². The third-order valence-electron chi connectivity index (χ3n) is 5.47. The van der Waals surface area contributed by atoms with E-state index in [4.69, 9.17) is 0 Å². The van der Waals surface area contributed by atoms with E-state index in [1.54, 1.807) is 30.6 Å². The molecule has 0 radical (unpaired) electrons. The molecule has 0 unspecified atom stereocenters. The predicted octanol–water partition coefficient (Wildman–Crippen LogP) is 4.66. The Labute approximate surface area is 182 Å². The number of fused-ring (bicyclic) bond motifs is 1. The van der Waals surface area contributed by atoms with Gasteiger partial charge in [-0.3, -0.25) is 4.79 Å². The topological polar surface area (TPSA) is 79.8 Å². The van der Waals surface area contributed by atoms with Crippen molar-refractivity contribution in [3.05, 3.63) is 72.3 Å². The number of carbonyl (C=O) groups excluding carboxylic acids is 1. The summed E-state index contributed by atoms with van der Waals surface area (Å²) < 4.78 is 14.3. The Kier molecular flexibility index (Phi) is 5.30. The van der Waals surface area contributed by atoms with E-state index in [0.717, 1.165) is 34.6 Å². The van der Waals surface area contributed by atoms with E-state index < -0.39 is 0 Å². The Balaban J connectivity index is 1.33. The van der Waals surface area contributed by atoms with Gasteiger partial charge in [-0.15, -0.1) is 0 Å². The van der Waals surface area contributed by atoms with E-state index in [1.807, 2.05) is 18.2 Å². The fourth-order valence-corrected chi connectivity index (χ4v) is 4.94. The van der Waals surface area contributed by atoms with E-state index in [0.29, 0.717) is 17.0 Å². The first kappa shape index (κ1) is 19.6. The van der Waals surface area contributed by atoms with Crippen LogP contribution in [0.4, 0.5) is 9.52 Å². The second kappa shape index (κ2) is 8.39. The van der Waals surface area contributed by atoms with Gasteiger partial charge in [-0.25, -0.2) is 19.3 Å². The van der Waals surface area contributed by atoms with E-state index in [-0.39, 0.29) is 23.8 Å². The van der Waals surface area contributed by atoms with Crippen LogP contribution in [0.15, 0.2) is 60.9 Å². The molecule has 31 heavy (non-hydrogen) atoms. The molecule has 1 aliphatic carbocycles. The second-order valence-electron chi connectivity index (χ2n) is 7.51. The zero-order chi connectivity index (χ0) is 21.2. The molecule has 156 valence electrons. The highest BCUT2D eigenvalue weighted by Crippen LogP contribution is 2.30. The Morgan fingerprint density at radius 2 is 1.84 bits per heavy atom. The average molecular weight is 434 g/mol. The van der Waals surface area contributed by atoms with Gasteiger partial charge in [0.25, 0.3) is 5.91 Å². The number of thiazole rings is 1. The number of nitrogens with zero attached hydrogens (tertiary/aromatic N) is 3. The third-order valence-corrected chi connectivity index (χ3v) is 6.42. The molecule has 0 saturated heterocycles. The number of aromatic nitrogens is 3. The predicted molar refractivity (Wildman–Crippen MR) is 120 cm³/mol. The largest absolute Gasteiger partial charge is 0.357 e. The van der Waals surface area contributed by atoms with Crippen molar-refractivity contribution in [1.82, 2.24) is 20.3 Å². The maximum atomic E-state index is 13.5. The first-order valence-electron chi connectivity index (χ1n) is 10.2. The monoisotopic (exact) mass is 433 g/mol. The number of carbonyl (C=O) groups is 1. The van der Waals surface area contributed by atoms with Crippen LogP contribution >= 0.6 is 11.3 Å². The fraction of sp³-hybridized carbons (Fsp3) is 0.217. The van der Waals surface area contributed by atoms with Crippen molar-refractivity contribution in [2.45, 2.75) is 31.3 Å². The molecule has 2 heterocycles. The zero-order valence-electron chi connectivity index (χ0n) is 16.6. The van der Waals surface area contributed by atoms with Crippen LogP contribution in [0.2, 0.25) is 0 Å². The lowest BCUT2D eigenvalue weighted by molar-refractivity contribution is 0.0936. The summed E-state index contributed by atoms with van der Waals surface area (Å²) in [6.45, 7) is 0. The van der Waals surface area contributed by atoms with Gasteiger partial charge in [0.05, 0.1) is 15.8 Å². The lowest BCUT2D eigenvalue weighted by Gasteiger charge is -2.22. The third kappa shape index (κ3) is 4.11. The Bertz CT molecular complexity index is 1230. The Morgan fingerprint density at radius 1 is 1.03 bits per heavy atom. The van der Waals surface area contributed by atoms with Gasteiger partial charge in [-0.2, -0.15) is 0 Å². The second-order valence-corrected chi connectivity index (χ2v) is 8.54. The molecule has 6 nitrogen and oxygen atoms in total. The van der Waals surface area contributed by atoms with Crippen LogP contribution in [-0.4, -0.2) is 32.9 Å². The summed E-state index contributed by atoms with van der Waals surface area (Å²) in [5, 5.41) is 7.37. The van der Waals surface area contributed by atoms with Gasteiger partial charge in [0.1, 0.15) is 5.82 Å². The Hall–Kier alpha value is -3.39. The van der Waals surface area contributed by atoms with Gasteiger partial charge in [0.2, 0.25) is 0 Å². The highest BCUT2D eigenvalue weighted by Gasteiger charge is 2.30. The maximum Gasteiger partial charge on any atom is 0.252 e. The van der Waals surface area contributed by atoms with Crippen molar-refractivity contribution in [1.29, 1.82) is 0 Å². The van der Waals surface area contributed by atoms with Crippen molar-refractivity contribution in [2.75, 3.05) is 5.32 Å². The van der Waals surface area contributed by atoms with E-state index >= 15 is 0 Å². The normalized spacial score (nSPS) is 18.2. The Morgan fingerprint density at radius 3 is 2.71 bits per heavy atom. The number of anilines is 1. The quantitative estimate of drug-likeness (QED) is 0.479. The van der Waals surface area contributed by atoms with E-state index in [2.05, 4.69) is 25.6 Å². The van der Waals surface area contributed by atoms with Gasteiger partial charge in [0, 0.05) is 30.0 Å². The smallest absolute Gasteiger partial charge is 0.252 e. The van der Waals surface area contributed by atoms with Crippen molar-refractivity contribution < 1.29 is 9.18 Å². The molecule has 2 aromatic carbocycles. The fourth-order valence-electron chi connectivity index (χ4n) is 3.98. The highest BCUT2D eigenvalue weighted by molar-refractivity contribution is 7.22. The SMILES string of the molecule is O=C(N[C@H]1CCC[C@H]1Nc1nc2ccc(F)cc2s1)c1ccccc1-c1ncccn1. The number of amides is 1. The number of hydrogen-bond acceptors (Lipinski definition) is 6. The van der Waals surface area contributed by atoms with Crippen LogP contribution in [0.1, 0.15) is 29.6 Å². The van der Waals surface area contributed by atoms with E-state index in [9.17, 15) is 9.18 Å². The standard InChI is InChI=1S/C23H20FN5OS/c24-14-9-10-19-20(13-14)31-23(29-19)28-18-8-3-7-17(18)27-22(30)16-6-2-1-5-15(16)21-25-11-4-12-26-21/h1-2,4-6,9-13,17-18H,3,7-8H2,(H,27,30)(H,28,29)/t17-,18+/m0/s1. The van der Waals surface area contributed by atoms with Crippen molar-refractivity contribution in [2.24, 2.45) is 0 Å². The molecule has 2 atom stereocenters. The van der Waals surface area contributed by atoms with Gasteiger partial charge < -0.3 is 10.6 Å². The minimum atomic E-state index is -0.269. The van der Waals surface area contributed by atoms with Crippen LogP contribution in [0.25, 0.3) is 21.6 Å². The summed E-state index contributed by atoms with van der Waals surface area (Å²) in [5.74, 6) is 0.110. The molecule has 2 aromatic heterocycles. The highest BCUT2D eigenvalue weighted by atomic mass is 32.1. The minimum absolute atomic E-state index is 0.0269. The molecule has 1 amide bonds. The van der Waals surface area contributed by atoms with E-state index in [1.165, 1.54) is 23.5 Å². The molecule has 5 rings (SSSR count). The summed E-state index contributed by atoms with van der Waals surface area (Å²) in [4.78, 5) is 26.2. The number of benzene rings is 2. The summed E-state index contributed by atoms with van der Waals surface area (Å²) >= 11 is 1.42. The van der Waals surface area contributed by atoms with Crippen molar-refractivity contribution in [3.8, 4) is 11.4 Å². The molecule has 1 fully saturated rings. The first-order chi connectivity index (χ1) is 15.2.